The molecule has 1 heterocycles. The van der Waals surface area contributed by atoms with Crippen molar-refractivity contribution in [2.45, 2.75) is 25.3 Å². The molecular weight excluding hydrogens is 180 g/mol. The third-order valence-corrected chi connectivity index (χ3v) is 2.50. The number of esters is 1. The molecule has 1 aliphatic heterocycles. The van der Waals surface area contributed by atoms with E-state index in [9.17, 15) is 13.6 Å². The molecule has 0 amide bonds. The van der Waals surface area contributed by atoms with E-state index < -0.39 is 23.3 Å². The smallest absolute Gasteiger partial charge is 0.316 e. The van der Waals surface area contributed by atoms with Gasteiger partial charge in [-0.15, -0.1) is 0 Å². The van der Waals surface area contributed by atoms with E-state index in [0.29, 0.717) is 0 Å². The van der Waals surface area contributed by atoms with Crippen molar-refractivity contribution >= 4 is 5.97 Å². The van der Waals surface area contributed by atoms with Gasteiger partial charge in [-0.25, -0.2) is 8.78 Å². The summed E-state index contributed by atoms with van der Waals surface area (Å²) in [7, 11) is 1.11. The fraction of sp³-hybridized carbons (Fsp3) is 0.875. The Labute approximate surface area is 75.4 Å². The molecule has 0 aromatic heterocycles. The molecule has 0 aromatic rings. The molecule has 0 spiro atoms. The Kier molecular flexibility index (Phi) is 2.32. The first kappa shape index (κ1) is 10.4. The molecule has 1 rings (SSSR count). The summed E-state index contributed by atoms with van der Waals surface area (Å²) in [6.07, 6.45) is 0. The second kappa shape index (κ2) is 2.90. The van der Waals surface area contributed by atoms with Crippen molar-refractivity contribution in [3.8, 4) is 0 Å². The molecule has 0 radical (unpaired) electrons. The number of carbonyl (C=O) groups is 1. The van der Waals surface area contributed by atoms with Crippen LogP contribution in [0.5, 0.6) is 0 Å². The molecule has 5 heteroatoms. The second-order valence-corrected chi connectivity index (χ2v) is 3.70. The van der Waals surface area contributed by atoms with Gasteiger partial charge in [-0.3, -0.25) is 4.79 Å². The number of methoxy groups -OCH3 is 1. The van der Waals surface area contributed by atoms with Crippen molar-refractivity contribution in [1.29, 1.82) is 0 Å². The fourth-order valence-corrected chi connectivity index (χ4v) is 1.41. The predicted octanol–water partition coefficient (Wildman–Crippen LogP) is 0.793. The largest absolute Gasteiger partial charge is 0.469 e. The quantitative estimate of drug-likeness (QED) is 0.626. The number of hydrogen-bond donors (Lipinski definition) is 1. The van der Waals surface area contributed by atoms with Crippen molar-refractivity contribution in [3.63, 3.8) is 0 Å². The zero-order valence-electron chi connectivity index (χ0n) is 7.86. The van der Waals surface area contributed by atoms with Gasteiger partial charge >= 0.3 is 5.97 Å². The normalized spacial score (nSPS) is 30.1. The molecule has 3 nitrogen and oxygen atoms in total. The van der Waals surface area contributed by atoms with E-state index in [-0.39, 0.29) is 6.54 Å². The van der Waals surface area contributed by atoms with Gasteiger partial charge in [0.05, 0.1) is 12.6 Å². The molecule has 0 bridgehead atoms. The average Bonchev–Trinajstić information content (AvgIpc) is 2.22. The fourth-order valence-electron chi connectivity index (χ4n) is 1.41. The maximum absolute atomic E-state index is 13.5. The molecule has 76 valence electrons. The Bertz CT molecular complexity index is 228. The Hall–Kier alpha value is -0.710. The molecule has 1 saturated heterocycles. The van der Waals surface area contributed by atoms with E-state index in [4.69, 9.17) is 0 Å². The van der Waals surface area contributed by atoms with Gasteiger partial charge < -0.3 is 10.1 Å². The molecular formula is C8H13F2NO2. The highest BCUT2D eigenvalue weighted by Crippen LogP contribution is 2.40. The number of carbonyl (C=O) groups excluding carboxylic acids is 1. The first-order valence-electron chi connectivity index (χ1n) is 4.03. The van der Waals surface area contributed by atoms with Crippen LogP contribution < -0.4 is 5.32 Å². The van der Waals surface area contributed by atoms with E-state index >= 15 is 0 Å². The number of halogens is 2. The molecule has 1 atom stereocenters. The number of nitrogens with one attached hydrogen (secondary N) is 1. The highest BCUT2D eigenvalue weighted by atomic mass is 19.3. The molecule has 0 aromatic carbocycles. The molecule has 1 unspecified atom stereocenters. The first-order chi connectivity index (χ1) is 5.83. The van der Waals surface area contributed by atoms with E-state index in [0.717, 1.165) is 7.11 Å². The van der Waals surface area contributed by atoms with E-state index in [1.165, 1.54) is 13.8 Å². The Morgan fingerprint density at radius 2 is 2.08 bits per heavy atom. The molecule has 1 N–H and O–H groups in total. The lowest BCUT2D eigenvalue weighted by Crippen LogP contribution is -2.49. The van der Waals surface area contributed by atoms with Gasteiger partial charge in [0.15, 0.2) is 0 Å². The van der Waals surface area contributed by atoms with Crippen LogP contribution in [0.25, 0.3) is 0 Å². The summed E-state index contributed by atoms with van der Waals surface area (Å²) in [5.41, 5.74) is -1.34. The average molecular weight is 193 g/mol. The lowest BCUT2D eigenvalue weighted by atomic mass is 9.92. The van der Waals surface area contributed by atoms with Crippen LogP contribution in [0, 0.1) is 5.92 Å². The van der Waals surface area contributed by atoms with Crippen LogP contribution in [0.15, 0.2) is 0 Å². The van der Waals surface area contributed by atoms with Crippen LogP contribution >= 0.6 is 0 Å². The summed E-state index contributed by atoms with van der Waals surface area (Å²) in [5.74, 6) is -5.28. The maximum Gasteiger partial charge on any atom is 0.316 e. The van der Waals surface area contributed by atoms with E-state index in [1.807, 2.05) is 0 Å². The van der Waals surface area contributed by atoms with Crippen LogP contribution in [-0.4, -0.2) is 31.1 Å². The highest BCUT2D eigenvalue weighted by molar-refractivity contribution is 5.74. The molecule has 13 heavy (non-hydrogen) atoms. The minimum absolute atomic E-state index is 0.0350. The monoisotopic (exact) mass is 193 g/mol. The first-order valence-corrected chi connectivity index (χ1v) is 4.03. The van der Waals surface area contributed by atoms with Gasteiger partial charge in [-0.2, -0.15) is 0 Å². The van der Waals surface area contributed by atoms with Crippen molar-refractivity contribution in [2.24, 2.45) is 5.92 Å². The maximum atomic E-state index is 13.5. The second-order valence-electron chi connectivity index (χ2n) is 3.70. The minimum Gasteiger partial charge on any atom is -0.469 e. The lowest BCUT2D eigenvalue weighted by molar-refractivity contribution is -0.160. The topological polar surface area (TPSA) is 38.3 Å². The zero-order valence-corrected chi connectivity index (χ0v) is 7.86. The van der Waals surface area contributed by atoms with Gasteiger partial charge in [0.2, 0.25) is 0 Å². The van der Waals surface area contributed by atoms with Gasteiger partial charge in [-0.1, -0.05) is 0 Å². The summed E-state index contributed by atoms with van der Waals surface area (Å²) in [6.45, 7) is 2.71. The predicted molar refractivity (Wildman–Crippen MR) is 42.5 cm³/mol. The van der Waals surface area contributed by atoms with Crippen molar-refractivity contribution < 1.29 is 18.3 Å². The molecule has 1 fully saturated rings. The van der Waals surface area contributed by atoms with E-state index in [2.05, 4.69) is 10.1 Å². The van der Waals surface area contributed by atoms with Gasteiger partial charge in [0.25, 0.3) is 5.92 Å². The summed E-state index contributed by atoms with van der Waals surface area (Å²) in [4.78, 5) is 11.0. The van der Waals surface area contributed by atoms with Gasteiger partial charge in [0.1, 0.15) is 5.92 Å². The molecule has 0 aliphatic carbocycles. The SMILES string of the molecule is COC(=O)C1CNC(C)(C)C1(F)F. The number of rotatable bonds is 1. The number of ether oxygens (including phenoxy) is 1. The third kappa shape index (κ3) is 1.41. The lowest BCUT2D eigenvalue weighted by Gasteiger charge is -2.28. The number of alkyl halides is 2. The number of hydrogen-bond acceptors (Lipinski definition) is 3. The minimum atomic E-state index is -3.06. The summed E-state index contributed by atoms with van der Waals surface area (Å²) < 4.78 is 31.2. The van der Waals surface area contributed by atoms with Crippen LogP contribution in [0.2, 0.25) is 0 Å². The van der Waals surface area contributed by atoms with Crippen molar-refractivity contribution in [1.82, 2.24) is 5.32 Å². The molecule has 1 aliphatic rings. The third-order valence-electron chi connectivity index (χ3n) is 2.50. The van der Waals surface area contributed by atoms with Crippen LogP contribution in [0.4, 0.5) is 8.78 Å². The standard InChI is InChI=1S/C8H13F2NO2/c1-7(2)8(9,10)5(4-11-7)6(12)13-3/h5,11H,4H2,1-3H3. The summed E-state index contributed by atoms with van der Waals surface area (Å²) in [6, 6.07) is 0. The zero-order chi connectivity index (χ0) is 10.3. The van der Waals surface area contributed by atoms with Crippen LogP contribution in [-0.2, 0) is 9.53 Å². The summed E-state index contributed by atoms with van der Waals surface area (Å²) in [5, 5.41) is 2.60. The van der Waals surface area contributed by atoms with Crippen LogP contribution in [0.1, 0.15) is 13.8 Å². The van der Waals surface area contributed by atoms with Gasteiger partial charge in [-0.05, 0) is 13.8 Å². The molecule has 0 saturated carbocycles. The Morgan fingerprint density at radius 3 is 2.38 bits per heavy atom. The van der Waals surface area contributed by atoms with Crippen molar-refractivity contribution in [3.05, 3.63) is 0 Å². The Balaban J connectivity index is 2.88. The van der Waals surface area contributed by atoms with Crippen molar-refractivity contribution in [2.75, 3.05) is 13.7 Å². The Morgan fingerprint density at radius 1 is 1.54 bits per heavy atom. The van der Waals surface area contributed by atoms with E-state index in [1.54, 1.807) is 0 Å². The van der Waals surface area contributed by atoms with Crippen LogP contribution in [0.3, 0.4) is 0 Å². The highest BCUT2D eigenvalue weighted by Gasteiger charge is 2.60. The van der Waals surface area contributed by atoms with Gasteiger partial charge in [0, 0.05) is 6.54 Å². The summed E-state index contributed by atoms with van der Waals surface area (Å²) >= 11 is 0.